The summed E-state index contributed by atoms with van der Waals surface area (Å²) in [6.07, 6.45) is 0. The van der Waals surface area contributed by atoms with Crippen molar-refractivity contribution in [2.24, 2.45) is 0 Å². The van der Waals surface area contributed by atoms with E-state index in [-0.39, 0.29) is 0 Å². The van der Waals surface area contributed by atoms with Crippen molar-refractivity contribution in [1.82, 2.24) is 0 Å². The van der Waals surface area contributed by atoms with Crippen LogP contribution >= 0.6 is 31.9 Å². The van der Waals surface area contributed by atoms with Gasteiger partial charge < -0.3 is 9.47 Å². The Labute approximate surface area is 111 Å². The first-order valence-electron chi connectivity index (χ1n) is 4.67. The predicted octanol–water partition coefficient (Wildman–Crippen LogP) is 4.38. The van der Waals surface area contributed by atoms with Crippen molar-refractivity contribution in [1.29, 1.82) is 0 Å². The van der Waals surface area contributed by atoms with Crippen molar-refractivity contribution >= 4 is 42.6 Å². The summed E-state index contributed by atoms with van der Waals surface area (Å²) < 4.78 is 12.7. The molecule has 0 N–H and O–H groups in total. The molecule has 2 aromatic carbocycles. The maximum absolute atomic E-state index is 5.36. The van der Waals surface area contributed by atoms with E-state index in [9.17, 15) is 0 Å². The zero-order chi connectivity index (χ0) is 11.7. The largest absolute Gasteiger partial charge is 0.496 e. The molecule has 0 aliphatic rings. The molecular weight excluding hydrogens is 336 g/mol. The number of fused-ring (bicyclic) bond motifs is 1. The van der Waals surface area contributed by atoms with Crippen LogP contribution in [0.5, 0.6) is 11.5 Å². The van der Waals surface area contributed by atoms with Crippen LogP contribution in [-0.2, 0) is 0 Å². The van der Waals surface area contributed by atoms with Gasteiger partial charge in [-0.25, -0.2) is 0 Å². The van der Waals surface area contributed by atoms with Gasteiger partial charge in [-0.2, -0.15) is 0 Å². The lowest BCUT2D eigenvalue weighted by Gasteiger charge is -2.12. The van der Waals surface area contributed by atoms with Crippen LogP contribution in [-0.4, -0.2) is 14.2 Å². The lowest BCUT2D eigenvalue weighted by atomic mass is 10.1. The fourth-order valence-electron chi connectivity index (χ4n) is 1.69. The summed E-state index contributed by atoms with van der Waals surface area (Å²) in [6.45, 7) is 0. The minimum absolute atomic E-state index is 0.802. The van der Waals surface area contributed by atoms with Gasteiger partial charge in [0.15, 0.2) is 0 Å². The summed E-state index contributed by atoms with van der Waals surface area (Å²) in [4.78, 5) is 0. The minimum Gasteiger partial charge on any atom is -0.496 e. The molecule has 0 saturated heterocycles. The zero-order valence-corrected chi connectivity index (χ0v) is 12.1. The van der Waals surface area contributed by atoms with Gasteiger partial charge in [0.1, 0.15) is 11.5 Å². The van der Waals surface area contributed by atoms with E-state index in [0.29, 0.717) is 0 Å². The van der Waals surface area contributed by atoms with E-state index < -0.39 is 0 Å². The second kappa shape index (κ2) is 4.63. The molecule has 84 valence electrons. The third kappa shape index (κ3) is 1.80. The number of methoxy groups -OCH3 is 2. The number of halogens is 2. The van der Waals surface area contributed by atoms with Crippen molar-refractivity contribution < 1.29 is 9.47 Å². The average Bonchev–Trinajstić information content (AvgIpc) is 2.30. The molecule has 0 aromatic heterocycles. The van der Waals surface area contributed by atoms with Gasteiger partial charge >= 0.3 is 0 Å². The van der Waals surface area contributed by atoms with Crippen LogP contribution in [0.3, 0.4) is 0 Å². The van der Waals surface area contributed by atoms with E-state index in [1.807, 2.05) is 24.3 Å². The van der Waals surface area contributed by atoms with Crippen LogP contribution in [0.1, 0.15) is 0 Å². The SMILES string of the molecule is COc1ccc(Br)c2c(Br)ccc(OC)c12. The van der Waals surface area contributed by atoms with E-state index in [1.54, 1.807) is 14.2 Å². The lowest BCUT2D eigenvalue weighted by Crippen LogP contribution is -1.91. The van der Waals surface area contributed by atoms with Gasteiger partial charge in [0.2, 0.25) is 0 Å². The van der Waals surface area contributed by atoms with E-state index in [4.69, 9.17) is 9.47 Å². The third-order valence-corrected chi connectivity index (χ3v) is 3.74. The van der Waals surface area contributed by atoms with E-state index in [0.717, 1.165) is 31.2 Å². The van der Waals surface area contributed by atoms with Crippen LogP contribution in [0.2, 0.25) is 0 Å². The standard InChI is InChI=1S/C12H10Br2O2/c1-15-9-5-3-7(13)11-8(14)4-6-10(16-2)12(9)11/h3-6H,1-2H3. The number of ether oxygens (including phenoxy) is 2. The Bertz CT molecular complexity index is 493. The van der Waals surface area contributed by atoms with Gasteiger partial charge in [-0.15, -0.1) is 0 Å². The molecule has 0 amide bonds. The highest BCUT2D eigenvalue weighted by atomic mass is 79.9. The average molecular weight is 346 g/mol. The van der Waals surface area contributed by atoms with Gasteiger partial charge in [0.05, 0.1) is 19.6 Å². The molecule has 0 saturated carbocycles. The smallest absolute Gasteiger partial charge is 0.130 e. The molecule has 0 fully saturated rings. The molecule has 0 spiro atoms. The van der Waals surface area contributed by atoms with E-state index in [1.165, 1.54) is 0 Å². The highest BCUT2D eigenvalue weighted by Crippen LogP contribution is 2.41. The lowest BCUT2D eigenvalue weighted by molar-refractivity contribution is 0.405. The van der Waals surface area contributed by atoms with Crippen LogP contribution in [0.15, 0.2) is 33.2 Å². The van der Waals surface area contributed by atoms with Crippen molar-refractivity contribution in [2.45, 2.75) is 0 Å². The Balaban J connectivity index is 2.95. The van der Waals surface area contributed by atoms with Crippen molar-refractivity contribution in [3.8, 4) is 11.5 Å². The normalized spacial score (nSPS) is 10.5. The summed E-state index contributed by atoms with van der Waals surface area (Å²) in [7, 11) is 3.31. The molecule has 0 bridgehead atoms. The molecular formula is C12H10Br2O2. The summed E-state index contributed by atoms with van der Waals surface area (Å²) in [5, 5.41) is 2.02. The summed E-state index contributed by atoms with van der Waals surface area (Å²) in [5.41, 5.74) is 0. The maximum atomic E-state index is 5.36. The Morgan fingerprint density at radius 2 is 1.19 bits per heavy atom. The zero-order valence-electron chi connectivity index (χ0n) is 8.88. The van der Waals surface area contributed by atoms with Crippen LogP contribution < -0.4 is 9.47 Å². The summed E-state index contributed by atoms with van der Waals surface area (Å²) in [6, 6.07) is 7.76. The molecule has 2 rings (SSSR count). The fourth-order valence-corrected chi connectivity index (χ4v) is 3.05. The first-order chi connectivity index (χ1) is 7.69. The molecule has 0 heterocycles. The topological polar surface area (TPSA) is 18.5 Å². The summed E-state index contributed by atoms with van der Waals surface area (Å²) in [5.74, 6) is 1.60. The van der Waals surface area contributed by atoms with Gasteiger partial charge in [-0.1, -0.05) is 31.9 Å². The first-order valence-corrected chi connectivity index (χ1v) is 6.26. The number of rotatable bonds is 2. The van der Waals surface area contributed by atoms with Crippen LogP contribution in [0.25, 0.3) is 10.8 Å². The number of hydrogen-bond acceptors (Lipinski definition) is 2. The quantitative estimate of drug-likeness (QED) is 0.804. The molecule has 0 unspecified atom stereocenters. The summed E-state index contributed by atoms with van der Waals surface area (Å²) >= 11 is 7.07. The van der Waals surface area contributed by atoms with Gasteiger partial charge in [0, 0.05) is 14.3 Å². The predicted molar refractivity (Wildman–Crippen MR) is 72.5 cm³/mol. The Morgan fingerprint density at radius 1 is 0.750 bits per heavy atom. The van der Waals surface area contributed by atoms with Crippen LogP contribution in [0.4, 0.5) is 0 Å². The fraction of sp³-hybridized carbons (Fsp3) is 0.167. The highest BCUT2D eigenvalue weighted by Gasteiger charge is 2.12. The van der Waals surface area contributed by atoms with Crippen LogP contribution in [0, 0.1) is 0 Å². The first kappa shape index (κ1) is 11.7. The molecule has 0 aliphatic carbocycles. The van der Waals surface area contributed by atoms with Gasteiger partial charge in [-0.3, -0.25) is 0 Å². The molecule has 0 radical (unpaired) electrons. The number of benzene rings is 2. The van der Waals surface area contributed by atoms with Crippen molar-refractivity contribution in [3.05, 3.63) is 33.2 Å². The molecule has 16 heavy (non-hydrogen) atoms. The molecule has 2 aromatic rings. The molecule has 0 atom stereocenters. The molecule has 2 nitrogen and oxygen atoms in total. The van der Waals surface area contributed by atoms with Crippen molar-refractivity contribution in [3.63, 3.8) is 0 Å². The molecule has 4 heteroatoms. The Morgan fingerprint density at radius 3 is 1.56 bits per heavy atom. The minimum atomic E-state index is 0.802. The van der Waals surface area contributed by atoms with Gasteiger partial charge in [0.25, 0.3) is 0 Å². The monoisotopic (exact) mass is 344 g/mol. The highest BCUT2D eigenvalue weighted by molar-refractivity contribution is 9.11. The van der Waals surface area contributed by atoms with Crippen molar-refractivity contribution in [2.75, 3.05) is 14.2 Å². The molecule has 0 aliphatic heterocycles. The second-order valence-corrected chi connectivity index (χ2v) is 4.96. The van der Waals surface area contributed by atoms with Gasteiger partial charge in [-0.05, 0) is 24.3 Å². The Hall–Kier alpha value is -0.740. The Kier molecular flexibility index (Phi) is 3.40. The van der Waals surface area contributed by atoms with E-state index >= 15 is 0 Å². The number of hydrogen-bond donors (Lipinski definition) is 0. The second-order valence-electron chi connectivity index (χ2n) is 3.25. The van der Waals surface area contributed by atoms with E-state index in [2.05, 4.69) is 31.9 Å². The third-order valence-electron chi connectivity index (χ3n) is 2.42. The maximum Gasteiger partial charge on any atom is 0.130 e.